The Hall–Kier alpha value is -1.59. The van der Waals surface area contributed by atoms with Crippen molar-refractivity contribution >= 4 is 11.7 Å². The van der Waals surface area contributed by atoms with Crippen LogP contribution in [0.1, 0.15) is 63.4 Å². The summed E-state index contributed by atoms with van der Waals surface area (Å²) in [6, 6.07) is 7.84. The highest BCUT2D eigenvalue weighted by Crippen LogP contribution is 2.22. The Balaban J connectivity index is 1.44. The Morgan fingerprint density at radius 1 is 1.08 bits per heavy atom. The molecular formula is C20H30N2O3. The maximum Gasteiger partial charge on any atom is 0.319 e. The van der Waals surface area contributed by atoms with Gasteiger partial charge in [-0.05, 0) is 56.2 Å². The number of urea groups is 1. The van der Waals surface area contributed by atoms with E-state index >= 15 is 0 Å². The lowest BCUT2D eigenvalue weighted by molar-refractivity contribution is 0.0169. The topological polar surface area (TPSA) is 70.6 Å². The number of carbonyl (C=O) groups is 1. The van der Waals surface area contributed by atoms with E-state index in [1.807, 2.05) is 24.3 Å². The van der Waals surface area contributed by atoms with Gasteiger partial charge in [0.1, 0.15) is 0 Å². The maximum absolute atomic E-state index is 12.2. The van der Waals surface area contributed by atoms with Crippen molar-refractivity contribution in [2.24, 2.45) is 0 Å². The minimum Gasteiger partial charge on any atom is -0.393 e. The molecule has 138 valence electrons. The molecule has 0 spiro atoms. The number of ether oxygens (including phenoxy) is 1. The van der Waals surface area contributed by atoms with Gasteiger partial charge in [0, 0.05) is 11.7 Å². The van der Waals surface area contributed by atoms with Crippen LogP contribution in [0.2, 0.25) is 0 Å². The number of aliphatic hydroxyl groups is 1. The zero-order valence-electron chi connectivity index (χ0n) is 14.9. The van der Waals surface area contributed by atoms with Crippen LogP contribution >= 0.6 is 0 Å². The van der Waals surface area contributed by atoms with E-state index in [-0.39, 0.29) is 18.2 Å². The first-order chi connectivity index (χ1) is 12.2. The van der Waals surface area contributed by atoms with E-state index in [2.05, 4.69) is 10.6 Å². The number of hydrogen-bond acceptors (Lipinski definition) is 3. The molecule has 2 fully saturated rings. The molecule has 0 aromatic heterocycles. The van der Waals surface area contributed by atoms with Crippen LogP contribution in [-0.2, 0) is 11.3 Å². The quantitative estimate of drug-likeness (QED) is 0.756. The van der Waals surface area contributed by atoms with Gasteiger partial charge in [0.15, 0.2) is 0 Å². The summed E-state index contributed by atoms with van der Waals surface area (Å²) in [5, 5.41) is 15.4. The summed E-state index contributed by atoms with van der Waals surface area (Å²) in [4.78, 5) is 12.2. The second-order valence-electron chi connectivity index (χ2n) is 7.38. The van der Waals surface area contributed by atoms with Gasteiger partial charge >= 0.3 is 6.03 Å². The fourth-order valence-corrected chi connectivity index (χ4v) is 3.76. The molecule has 2 saturated carbocycles. The number of amides is 2. The van der Waals surface area contributed by atoms with Gasteiger partial charge in [-0.2, -0.15) is 0 Å². The van der Waals surface area contributed by atoms with Gasteiger partial charge in [-0.25, -0.2) is 4.79 Å². The molecule has 0 unspecified atom stereocenters. The first-order valence-corrected chi connectivity index (χ1v) is 9.65. The van der Waals surface area contributed by atoms with Crippen LogP contribution in [0.25, 0.3) is 0 Å². The van der Waals surface area contributed by atoms with Gasteiger partial charge in [-0.15, -0.1) is 0 Å². The number of anilines is 1. The minimum atomic E-state index is -0.207. The monoisotopic (exact) mass is 346 g/mol. The van der Waals surface area contributed by atoms with Crippen molar-refractivity contribution in [2.75, 3.05) is 5.32 Å². The predicted molar refractivity (Wildman–Crippen MR) is 98.5 cm³/mol. The molecule has 5 nitrogen and oxygen atoms in total. The van der Waals surface area contributed by atoms with E-state index in [9.17, 15) is 9.90 Å². The lowest BCUT2D eigenvalue weighted by atomic mass is 9.93. The molecule has 0 bridgehead atoms. The third-order valence-electron chi connectivity index (χ3n) is 5.25. The Morgan fingerprint density at radius 2 is 1.84 bits per heavy atom. The van der Waals surface area contributed by atoms with Crippen molar-refractivity contribution in [3.05, 3.63) is 29.8 Å². The van der Waals surface area contributed by atoms with Gasteiger partial charge in [0.25, 0.3) is 0 Å². The molecule has 3 rings (SSSR count). The van der Waals surface area contributed by atoms with Crippen LogP contribution < -0.4 is 10.6 Å². The Morgan fingerprint density at radius 3 is 2.60 bits per heavy atom. The number of benzene rings is 1. The van der Waals surface area contributed by atoms with E-state index in [0.29, 0.717) is 12.7 Å². The van der Waals surface area contributed by atoms with E-state index < -0.39 is 0 Å². The van der Waals surface area contributed by atoms with Crippen molar-refractivity contribution in [2.45, 2.75) is 82.6 Å². The van der Waals surface area contributed by atoms with Crippen molar-refractivity contribution in [3.8, 4) is 0 Å². The van der Waals surface area contributed by atoms with E-state index in [1.165, 1.54) is 19.3 Å². The number of hydrogen-bond donors (Lipinski definition) is 3. The Kier molecular flexibility index (Phi) is 6.70. The van der Waals surface area contributed by atoms with Crippen molar-refractivity contribution in [1.82, 2.24) is 5.32 Å². The van der Waals surface area contributed by atoms with Crippen LogP contribution in [0.5, 0.6) is 0 Å². The highest BCUT2D eigenvalue weighted by atomic mass is 16.5. The zero-order valence-corrected chi connectivity index (χ0v) is 14.9. The lowest BCUT2D eigenvalue weighted by Gasteiger charge is -2.26. The first kappa shape index (κ1) is 18.2. The molecule has 0 aliphatic heterocycles. The number of nitrogens with one attached hydrogen (secondary N) is 2. The average molecular weight is 346 g/mol. The van der Waals surface area contributed by atoms with Gasteiger partial charge in [0.05, 0.1) is 18.8 Å². The second-order valence-corrected chi connectivity index (χ2v) is 7.38. The van der Waals surface area contributed by atoms with Gasteiger partial charge in [-0.3, -0.25) is 0 Å². The molecule has 2 aliphatic carbocycles. The summed E-state index contributed by atoms with van der Waals surface area (Å²) in [5.74, 6) is 0. The smallest absolute Gasteiger partial charge is 0.319 e. The van der Waals surface area contributed by atoms with Crippen LogP contribution in [0, 0.1) is 0 Å². The molecule has 1 aromatic rings. The lowest BCUT2D eigenvalue weighted by Crippen LogP contribution is -2.40. The number of aliphatic hydroxyl groups excluding tert-OH is 1. The molecule has 1 aromatic carbocycles. The molecule has 25 heavy (non-hydrogen) atoms. The number of rotatable bonds is 5. The summed E-state index contributed by atoms with van der Waals surface area (Å²) in [5.41, 5.74) is 1.88. The minimum absolute atomic E-state index is 0.154. The highest BCUT2D eigenvalue weighted by Gasteiger charge is 2.20. The van der Waals surface area contributed by atoms with Crippen molar-refractivity contribution < 1.29 is 14.6 Å². The third-order valence-corrected chi connectivity index (χ3v) is 5.25. The third kappa shape index (κ3) is 6.01. The van der Waals surface area contributed by atoms with E-state index in [0.717, 1.165) is 49.8 Å². The average Bonchev–Trinajstić information content (AvgIpc) is 2.63. The molecule has 2 aliphatic rings. The number of carbonyl (C=O) groups excluding carboxylic acids is 1. The highest BCUT2D eigenvalue weighted by molar-refractivity contribution is 5.89. The van der Waals surface area contributed by atoms with Crippen LogP contribution in [0.15, 0.2) is 24.3 Å². The molecule has 3 N–H and O–H groups in total. The van der Waals surface area contributed by atoms with Gasteiger partial charge < -0.3 is 20.5 Å². The Labute approximate surface area is 150 Å². The van der Waals surface area contributed by atoms with Gasteiger partial charge in [-0.1, -0.05) is 31.4 Å². The normalized spacial score (nSPS) is 24.7. The second kappa shape index (κ2) is 9.20. The zero-order chi connectivity index (χ0) is 17.5. The summed E-state index contributed by atoms with van der Waals surface area (Å²) < 4.78 is 6.01. The van der Waals surface area contributed by atoms with Crippen molar-refractivity contribution in [1.29, 1.82) is 0 Å². The van der Waals surface area contributed by atoms with Crippen LogP contribution in [0.3, 0.4) is 0 Å². The van der Waals surface area contributed by atoms with Crippen LogP contribution in [-0.4, -0.2) is 29.4 Å². The standard InChI is InChI=1S/C20H30N2O3/c23-18-11-9-16(10-12-18)21-20(24)22-17-6-4-5-15(13-17)14-25-19-7-2-1-3-8-19/h4-6,13,16,18-19,23H,1-3,7-12,14H2,(H2,21,22,24). The molecule has 2 amide bonds. The largest absolute Gasteiger partial charge is 0.393 e. The van der Waals surface area contributed by atoms with Crippen molar-refractivity contribution in [3.63, 3.8) is 0 Å². The molecule has 5 heteroatoms. The fraction of sp³-hybridized carbons (Fsp3) is 0.650. The summed E-state index contributed by atoms with van der Waals surface area (Å²) in [7, 11) is 0. The van der Waals surface area contributed by atoms with Gasteiger partial charge in [0.2, 0.25) is 0 Å². The molecule has 0 saturated heterocycles. The summed E-state index contributed by atoms with van der Waals surface area (Å²) in [6.07, 6.45) is 9.57. The molecular weight excluding hydrogens is 316 g/mol. The van der Waals surface area contributed by atoms with E-state index in [4.69, 9.17) is 4.74 Å². The molecule has 0 atom stereocenters. The molecule has 0 heterocycles. The SMILES string of the molecule is O=C(Nc1cccc(COC2CCCCC2)c1)NC1CCC(O)CC1. The summed E-state index contributed by atoms with van der Waals surface area (Å²) >= 11 is 0. The maximum atomic E-state index is 12.2. The van der Waals surface area contributed by atoms with E-state index in [1.54, 1.807) is 0 Å². The van der Waals surface area contributed by atoms with Crippen LogP contribution in [0.4, 0.5) is 10.5 Å². The summed E-state index contributed by atoms with van der Waals surface area (Å²) in [6.45, 7) is 0.600. The predicted octanol–water partition coefficient (Wildman–Crippen LogP) is 3.96. The molecule has 0 radical (unpaired) electrons. The first-order valence-electron chi connectivity index (χ1n) is 9.65. The Bertz CT molecular complexity index is 550. The fourth-order valence-electron chi connectivity index (χ4n) is 3.76.